The van der Waals surface area contributed by atoms with E-state index in [4.69, 9.17) is 4.74 Å². The van der Waals surface area contributed by atoms with Crippen molar-refractivity contribution in [1.29, 1.82) is 0 Å². The first-order valence-corrected chi connectivity index (χ1v) is 7.46. The summed E-state index contributed by atoms with van der Waals surface area (Å²) in [6.45, 7) is 4.42. The number of rotatable bonds is 3. The van der Waals surface area contributed by atoms with Crippen molar-refractivity contribution in [2.24, 2.45) is 5.92 Å². The number of hydrogen-bond donors (Lipinski definition) is 1. The number of aliphatic hydroxyl groups excluding tert-OH is 1. The lowest BCUT2D eigenvalue weighted by Crippen LogP contribution is -2.40. The summed E-state index contributed by atoms with van der Waals surface area (Å²) in [6.07, 6.45) is -6.98. The summed E-state index contributed by atoms with van der Waals surface area (Å²) < 4.78 is 45.1. The van der Waals surface area contributed by atoms with Crippen LogP contribution in [0.25, 0.3) is 10.8 Å². The summed E-state index contributed by atoms with van der Waals surface area (Å²) in [7, 11) is 0. The molecule has 2 atom stereocenters. The second-order valence-electron chi connectivity index (χ2n) is 6.57. The Morgan fingerprint density at radius 1 is 1.04 bits per heavy atom. The van der Waals surface area contributed by atoms with Crippen LogP contribution in [0, 0.1) is 5.92 Å². The number of fused-ring (bicyclic) bond motifs is 1. The molecule has 0 heterocycles. The maximum Gasteiger partial charge on any atom is 0.405 e. The minimum absolute atomic E-state index is 0.0429. The maximum absolute atomic E-state index is 13.4. The molecule has 0 saturated heterocycles. The third kappa shape index (κ3) is 4.06. The van der Waals surface area contributed by atoms with Gasteiger partial charge >= 0.3 is 12.1 Å². The summed E-state index contributed by atoms with van der Waals surface area (Å²) in [5, 5.41) is 11.5. The van der Waals surface area contributed by atoms with Crippen molar-refractivity contribution < 1.29 is 27.8 Å². The summed E-state index contributed by atoms with van der Waals surface area (Å²) in [4.78, 5) is 12.1. The fraction of sp³-hybridized carbons (Fsp3) is 0.389. The Labute approximate surface area is 138 Å². The summed E-state index contributed by atoms with van der Waals surface area (Å²) in [6, 6.07) is 11.4. The molecule has 0 aliphatic rings. The molecule has 0 saturated carbocycles. The van der Waals surface area contributed by atoms with Crippen molar-refractivity contribution >= 4 is 16.7 Å². The van der Waals surface area contributed by atoms with Gasteiger partial charge in [0.25, 0.3) is 0 Å². The van der Waals surface area contributed by atoms with Gasteiger partial charge in [-0.15, -0.1) is 0 Å². The summed E-state index contributed by atoms with van der Waals surface area (Å²) in [5.41, 5.74) is -1.04. The number of benzene rings is 2. The number of halogens is 3. The van der Waals surface area contributed by atoms with Gasteiger partial charge in [-0.05, 0) is 37.1 Å². The number of hydrogen-bond acceptors (Lipinski definition) is 3. The van der Waals surface area contributed by atoms with E-state index in [0.717, 1.165) is 0 Å². The minimum atomic E-state index is -4.93. The van der Waals surface area contributed by atoms with Crippen molar-refractivity contribution in [3.63, 3.8) is 0 Å². The fourth-order valence-corrected chi connectivity index (χ4v) is 2.49. The van der Waals surface area contributed by atoms with Crippen LogP contribution in [-0.4, -0.2) is 22.9 Å². The Morgan fingerprint density at radius 3 is 2.21 bits per heavy atom. The molecule has 3 nitrogen and oxygen atoms in total. The third-order valence-corrected chi connectivity index (χ3v) is 3.47. The van der Waals surface area contributed by atoms with Crippen LogP contribution in [0.4, 0.5) is 13.2 Å². The van der Waals surface area contributed by atoms with Crippen LogP contribution in [0.2, 0.25) is 0 Å². The smallest absolute Gasteiger partial charge is 0.405 e. The van der Waals surface area contributed by atoms with Gasteiger partial charge in [0.05, 0.1) is 0 Å². The second kappa shape index (κ2) is 6.43. The standard InChI is InChI=1S/C18H19F3O3/c1-17(2,3)24-16(23)14(18(19,20)21)15(22)13-10-6-8-11-7-4-5-9-12(11)13/h4-10,14-15,22H,1-3H3/t14-,15-/m1/s1. The van der Waals surface area contributed by atoms with Gasteiger partial charge in [0.2, 0.25) is 0 Å². The van der Waals surface area contributed by atoms with E-state index in [1.54, 1.807) is 36.4 Å². The predicted octanol–water partition coefficient (Wildman–Crippen LogP) is 4.39. The number of aliphatic hydroxyl groups is 1. The molecule has 1 N–H and O–H groups in total. The lowest BCUT2D eigenvalue weighted by atomic mass is 9.91. The van der Waals surface area contributed by atoms with Gasteiger partial charge in [-0.2, -0.15) is 13.2 Å². The Bertz CT molecular complexity index is 727. The monoisotopic (exact) mass is 340 g/mol. The summed E-state index contributed by atoms with van der Waals surface area (Å²) in [5.74, 6) is -4.14. The Morgan fingerprint density at radius 2 is 1.62 bits per heavy atom. The largest absolute Gasteiger partial charge is 0.459 e. The van der Waals surface area contributed by atoms with Gasteiger partial charge in [-0.3, -0.25) is 4.79 Å². The van der Waals surface area contributed by atoms with Crippen LogP contribution >= 0.6 is 0 Å². The van der Waals surface area contributed by atoms with E-state index >= 15 is 0 Å². The highest BCUT2D eigenvalue weighted by Gasteiger charge is 2.52. The van der Waals surface area contributed by atoms with E-state index in [9.17, 15) is 23.1 Å². The van der Waals surface area contributed by atoms with Gasteiger partial charge in [0.15, 0.2) is 5.92 Å². The zero-order valence-corrected chi connectivity index (χ0v) is 13.6. The fourth-order valence-electron chi connectivity index (χ4n) is 2.49. The van der Waals surface area contributed by atoms with Crippen LogP contribution in [-0.2, 0) is 9.53 Å². The van der Waals surface area contributed by atoms with E-state index < -0.39 is 29.8 Å². The molecule has 0 fully saturated rings. The Kier molecular flexibility index (Phi) is 4.90. The first-order valence-electron chi connectivity index (χ1n) is 7.46. The minimum Gasteiger partial charge on any atom is -0.459 e. The highest BCUT2D eigenvalue weighted by atomic mass is 19.4. The first-order chi connectivity index (χ1) is 11.0. The van der Waals surface area contributed by atoms with E-state index in [2.05, 4.69) is 0 Å². The van der Waals surface area contributed by atoms with E-state index in [-0.39, 0.29) is 5.56 Å². The van der Waals surface area contributed by atoms with Gasteiger partial charge in [0, 0.05) is 0 Å². The molecule has 130 valence electrons. The zero-order valence-electron chi connectivity index (χ0n) is 13.6. The molecular weight excluding hydrogens is 321 g/mol. The van der Waals surface area contributed by atoms with Crippen LogP contribution in [0.5, 0.6) is 0 Å². The SMILES string of the molecule is CC(C)(C)OC(=O)[C@@H]([C@H](O)c1cccc2ccccc12)C(F)(F)F. The molecular formula is C18H19F3O3. The average Bonchev–Trinajstić information content (AvgIpc) is 2.43. The maximum atomic E-state index is 13.4. The molecule has 0 aromatic heterocycles. The molecule has 0 spiro atoms. The molecule has 0 aliphatic carbocycles. The molecule has 2 rings (SSSR count). The van der Waals surface area contributed by atoms with Gasteiger partial charge in [-0.1, -0.05) is 42.5 Å². The number of carbonyl (C=O) groups excluding carboxylic acids is 1. The molecule has 0 aliphatic heterocycles. The second-order valence-corrected chi connectivity index (χ2v) is 6.57. The molecule has 0 amide bonds. The van der Waals surface area contributed by atoms with Crippen molar-refractivity contribution in [2.45, 2.75) is 38.7 Å². The number of carbonyl (C=O) groups is 1. The van der Waals surface area contributed by atoms with E-state index in [0.29, 0.717) is 10.8 Å². The summed E-state index contributed by atoms with van der Waals surface area (Å²) >= 11 is 0. The first kappa shape index (κ1) is 18.3. The lowest BCUT2D eigenvalue weighted by molar-refractivity contribution is -0.221. The zero-order chi connectivity index (χ0) is 18.1. The third-order valence-electron chi connectivity index (χ3n) is 3.47. The van der Waals surface area contributed by atoms with Crippen LogP contribution < -0.4 is 0 Å². The van der Waals surface area contributed by atoms with Crippen molar-refractivity contribution in [2.75, 3.05) is 0 Å². The van der Waals surface area contributed by atoms with E-state index in [1.165, 1.54) is 26.8 Å². The number of esters is 1. The molecule has 6 heteroatoms. The van der Waals surface area contributed by atoms with Gasteiger partial charge in [-0.25, -0.2) is 0 Å². The average molecular weight is 340 g/mol. The highest BCUT2D eigenvalue weighted by molar-refractivity contribution is 5.87. The molecule has 0 bridgehead atoms. The molecule has 0 unspecified atom stereocenters. The normalized spacial score (nSPS) is 15.1. The quantitative estimate of drug-likeness (QED) is 0.843. The number of ether oxygens (including phenoxy) is 1. The highest BCUT2D eigenvalue weighted by Crippen LogP contribution is 2.39. The Hall–Kier alpha value is -2.08. The Balaban J connectivity index is 2.48. The molecule has 24 heavy (non-hydrogen) atoms. The number of alkyl halides is 3. The van der Waals surface area contributed by atoms with Gasteiger partial charge < -0.3 is 9.84 Å². The van der Waals surface area contributed by atoms with Crippen molar-refractivity contribution in [3.8, 4) is 0 Å². The topological polar surface area (TPSA) is 46.5 Å². The van der Waals surface area contributed by atoms with Gasteiger partial charge in [0.1, 0.15) is 11.7 Å². The van der Waals surface area contributed by atoms with E-state index in [1.807, 2.05) is 0 Å². The predicted molar refractivity (Wildman–Crippen MR) is 84.3 cm³/mol. The van der Waals surface area contributed by atoms with Crippen molar-refractivity contribution in [3.05, 3.63) is 48.0 Å². The van der Waals surface area contributed by atoms with Crippen LogP contribution in [0.15, 0.2) is 42.5 Å². The molecule has 2 aromatic carbocycles. The lowest BCUT2D eigenvalue weighted by Gasteiger charge is -2.28. The molecule has 2 aromatic rings. The van der Waals surface area contributed by atoms with Crippen LogP contribution in [0.1, 0.15) is 32.4 Å². The molecule has 0 radical (unpaired) electrons. The van der Waals surface area contributed by atoms with Crippen LogP contribution in [0.3, 0.4) is 0 Å². The van der Waals surface area contributed by atoms with Crippen molar-refractivity contribution in [1.82, 2.24) is 0 Å².